The Morgan fingerprint density at radius 1 is 1.62 bits per heavy atom. The summed E-state index contributed by atoms with van der Waals surface area (Å²) in [7, 11) is 0. The van der Waals surface area contributed by atoms with Gasteiger partial charge in [-0.25, -0.2) is 0 Å². The molecule has 0 radical (unpaired) electrons. The van der Waals surface area contributed by atoms with Crippen LogP contribution in [0.5, 0.6) is 0 Å². The van der Waals surface area contributed by atoms with Crippen LogP contribution in [0.2, 0.25) is 0 Å². The first-order valence-corrected chi connectivity index (χ1v) is 4.90. The van der Waals surface area contributed by atoms with E-state index >= 15 is 0 Å². The first kappa shape index (κ1) is 10.2. The molecule has 1 unspecified atom stereocenters. The SMILES string of the molecule is CC(C)CC(=O)N1CCCC1C=O. The zero-order valence-electron chi connectivity index (χ0n) is 8.32. The van der Waals surface area contributed by atoms with E-state index in [-0.39, 0.29) is 11.9 Å². The molecule has 1 aliphatic rings. The van der Waals surface area contributed by atoms with Crippen LogP contribution in [-0.2, 0) is 9.59 Å². The lowest BCUT2D eigenvalue weighted by atomic mass is 10.1. The fourth-order valence-corrected chi connectivity index (χ4v) is 1.71. The molecule has 1 aliphatic heterocycles. The van der Waals surface area contributed by atoms with E-state index in [0.29, 0.717) is 12.3 Å². The van der Waals surface area contributed by atoms with Gasteiger partial charge in [0.15, 0.2) is 0 Å². The average Bonchev–Trinajstić information content (AvgIpc) is 2.49. The van der Waals surface area contributed by atoms with Crippen LogP contribution in [-0.4, -0.2) is 29.7 Å². The molecule has 3 nitrogen and oxygen atoms in total. The van der Waals surface area contributed by atoms with Crippen molar-refractivity contribution < 1.29 is 9.59 Å². The van der Waals surface area contributed by atoms with Crippen LogP contribution in [0.3, 0.4) is 0 Å². The van der Waals surface area contributed by atoms with Gasteiger partial charge in [-0.2, -0.15) is 0 Å². The van der Waals surface area contributed by atoms with Crippen molar-refractivity contribution >= 4 is 12.2 Å². The summed E-state index contributed by atoms with van der Waals surface area (Å²) in [5.74, 6) is 0.505. The Morgan fingerprint density at radius 2 is 2.31 bits per heavy atom. The number of amides is 1. The van der Waals surface area contributed by atoms with E-state index in [1.165, 1.54) is 0 Å². The van der Waals surface area contributed by atoms with Crippen LogP contribution in [0.15, 0.2) is 0 Å². The van der Waals surface area contributed by atoms with Crippen LogP contribution >= 0.6 is 0 Å². The quantitative estimate of drug-likeness (QED) is 0.617. The fourth-order valence-electron chi connectivity index (χ4n) is 1.71. The van der Waals surface area contributed by atoms with Crippen LogP contribution in [0.25, 0.3) is 0 Å². The van der Waals surface area contributed by atoms with Crippen LogP contribution in [0.1, 0.15) is 33.1 Å². The third kappa shape index (κ3) is 2.54. The normalized spacial score (nSPS) is 22.4. The Bertz CT molecular complexity index is 201. The molecule has 0 aromatic rings. The molecule has 0 aromatic carbocycles. The Hall–Kier alpha value is -0.860. The number of aldehydes is 1. The van der Waals surface area contributed by atoms with Gasteiger partial charge in [0.05, 0.1) is 6.04 Å². The van der Waals surface area contributed by atoms with Crippen LogP contribution in [0, 0.1) is 5.92 Å². The summed E-state index contributed by atoms with van der Waals surface area (Å²) in [6.45, 7) is 4.79. The molecule has 3 heteroatoms. The molecule has 1 saturated heterocycles. The van der Waals surface area contributed by atoms with Crippen molar-refractivity contribution in [2.75, 3.05) is 6.54 Å². The van der Waals surface area contributed by atoms with E-state index in [0.717, 1.165) is 25.7 Å². The molecule has 1 heterocycles. The number of nitrogens with zero attached hydrogens (tertiary/aromatic N) is 1. The molecule has 13 heavy (non-hydrogen) atoms. The average molecular weight is 183 g/mol. The van der Waals surface area contributed by atoms with E-state index in [2.05, 4.69) is 0 Å². The molecule has 0 bridgehead atoms. The maximum absolute atomic E-state index is 11.6. The first-order chi connectivity index (χ1) is 6.15. The molecule has 1 atom stereocenters. The standard InChI is InChI=1S/C10H17NO2/c1-8(2)6-10(13)11-5-3-4-9(11)7-12/h7-9H,3-6H2,1-2H3. The summed E-state index contributed by atoms with van der Waals surface area (Å²) < 4.78 is 0. The highest BCUT2D eigenvalue weighted by molar-refractivity contribution is 5.80. The maximum Gasteiger partial charge on any atom is 0.223 e. The van der Waals surface area contributed by atoms with Gasteiger partial charge >= 0.3 is 0 Å². The van der Waals surface area contributed by atoms with Gasteiger partial charge in [0.25, 0.3) is 0 Å². The van der Waals surface area contributed by atoms with Crippen molar-refractivity contribution in [3.63, 3.8) is 0 Å². The second-order valence-corrected chi connectivity index (χ2v) is 4.03. The highest BCUT2D eigenvalue weighted by Gasteiger charge is 2.27. The molecule has 0 spiro atoms. The Labute approximate surface area is 79.1 Å². The van der Waals surface area contributed by atoms with Gasteiger partial charge in [0.2, 0.25) is 5.91 Å². The van der Waals surface area contributed by atoms with Crippen molar-refractivity contribution in [2.45, 2.75) is 39.2 Å². The number of hydrogen-bond acceptors (Lipinski definition) is 2. The zero-order valence-corrected chi connectivity index (χ0v) is 8.32. The van der Waals surface area contributed by atoms with E-state index in [9.17, 15) is 9.59 Å². The summed E-state index contributed by atoms with van der Waals surface area (Å²) in [5, 5.41) is 0. The zero-order chi connectivity index (χ0) is 9.84. The molecule has 0 saturated carbocycles. The number of carbonyl (C=O) groups excluding carboxylic acids is 2. The monoisotopic (exact) mass is 183 g/mol. The minimum absolute atomic E-state index is 0.129. The molecule has 0 aromatic heterocycles. The highest BCUT2D eigenvalue weighted by Crippen LogP contribution is 2.17. The molecular formula is C10H17NO2. The second-order valence-electron chi connectivity index (χ2n) is 4.03. The number of likely N-dealkylation sites (tertiary alicyclic amines) is 1. The number of carbonyl (C=O) groups is 2. The van der Waals surface area contributed by atoms with Crippen molar-refractivity contribution in [3.05, 3.63) is 0 Å². The highest BCUT2D eigenvalue weighted by atomic mass is 16.2. The van der Waals surface area contributed by atoms with Crippen molar-refractivity contribution in [1.82, 2.24) is 4.90 Å². The summed E-state index contributed by atoms with van der Waals surface area (Å²) >= 11 is 0. The van der Waals surface area contributed by atoms with Crippen molar-refractivity contribution in [1.29, 1.82) is 0 Å². The summed E-state index contributed by atoms with van der Waals surface area (Å²) in [4.78, 5) is 23.9. The topological polar surface area (TPSA) is 37.4 Å². The van der Waals surface area contributed by atoms with Gasteiger partial charge < -0.3 is 9.69 Å². The largest absolute Gasteiger partial charge is 0.333 e. The van der Waals surface area contributed by atoms with Crippen LogP contribution < -0.4 is 0 Å². The lowest BCUT2D eigenvalue weighted by Crippen LogP contribution is -2.36. The molecule has 74 valence electrons. The molecule has 0 N–H and O–H groups in total. The Kier molecular flexibility index (Phi) is 3.46. The molecule has 1 amide bonds. The van der Waals surface area contributed by atoms with Crippen molar-refractivity contribution in [2.24, 2.45) is 5.92 Å². The fraction of sp³-hybridized carbons (Fsp3) is 0.800. The maximum atomic E-state index is 11.6. The van der Waals surface area contributed by atoms with Crippen LogP contribution in [0.4, 0.5) is 0 Å². The molecule has 1 fully saturated rings. The third-order valence-corrected chi connectivity index (χ3v) is 2.36. The molecule has 1 rings (SSSR count). The van der Waals surface area contributed by atoms with Gasteiger partial charge in [-0.3, -0.25) is 4.79 Å². The minimum atomic E-state index is -0.147. The van der Waals surface area contributed by atoms with Crippen molar-refractivity contribution in [3.8, 4) is 0 Å². The summed E-state index contributed by atoms with van der Waals surface area (Å²) in [5.41, 5.74) is 0. The van der Waals surface area contributed by atoms with E-state index in [1.807, 2.05) is 13.8 Å². The predicted molar refractivity (Wildman–Crippen MR) is 50.3 cm³/mol. The van der Waals surface area contributed by atoms with Gasteiger partial charge in [0.1, 0.15) is 6.29 Å². The summed E-state index contributed by atoms with van der Waals surface area (Å²) in [6.07, 6.45) is 3.26. The van der Waals surface area contributed by atoms with Gasteiger partial charge in [-0.05, 0) is 18.8 Å². The van der Waals surface area contributed by atoms with Gasteiger partial charge in [0, 0.05) is 13.0 Å². The van der Waals surface area contributed by atoms with Gasteiger partial charge in [-0.1, -0.05) is 13.8 Å². The first-order valence-electron chi connectivity index (χ1n) is 4.90. The molecular weight excluding hydrogens is 166 g/mol. The summed E-state index contributed by atoms with van der Waals surface area (Å²) in [6, 6.07) is -0.147. The lowest BCUT2D eigenvalue weighted by Gasteiger charge is -2.21. The number of hydrogen-bond donors (Lipinski definition) is 0. The second kappa shape index (κ2) is 4.40. The Balaban J connectivity index is 2.50. The smallest absolute Gasteiger partial charge is 0.223 e. The van der Waals surface area contributed by atoms with E-state index < -0.39 is 0 Å². The van der Waals surface area contributed by atoms with E-state index in [4.69, 9.17) is 0 Å². The predicted octanol–water partition coefficient (Wildman–Crippen LogP) is 1.22. The molecule has 0 aliphatic carbocycles. The lowest BCUT2D eigenvalue weighted by molar-refractivity contribution is -0.135. The van der Waals surface area contributed by atoms with E-state index in [1.54, 1.807) is 4.90 Å². The van der Waals surface area contributed by atoms with Gasteiger partial charge in [-0.15, -0.1) is 0 Å². The third-order valence-electron chi connectivity index (χ3n) is 2.36. The minimum Gasteiger partial charge on any atom is -0.333 e. The Morgan fingerprint density at radius 3 is 2.85 bits per heavy atom. The number of rotatable bonds is 3.